The number of rotatable bonds is 4. The first-order valence-corrected chi connectivity index (χ1v) is 7.88. The molecular formula is C19H23NO. The number of fused-ring (bicyclic) bond motifs is 1. The van der Waals surface area contributed by atoms with Crippen molar-refractivity contribution in [3.8, 4) is 11.5 Å². The van der Waals surface area contributed by atoms with E-state index in [-0.39, 0.29) is 0 Å². The second-order valence-electron chi connectivity index (χ2n) is 5.79. The molecule has 21 heavy (non-hydrogen) atoms. The van der Waals surface area contributed by atoms with E-state index in [0.717, 1.165) is 18.0 Å². The van der Waals surface area contributed by atoms with E-state index in [1.165, 1.54) is 24.0 Å². The zero-order valence-corrected chi connectivity index (χ0v) is 12.8. The third-order valence-corrected chi connectivity index (χ3v) is 4.28. The van der Waals surface area contributed by atoms with E-state index < -0.39 is 0 Å². The molecule has 0 heterocycles. The molecule has 0 bridgehead atoms. The van der Waals surface area contributed by atoms with Crippen LogP contribution in [0.4, 0.5) is 0 Å². The molecule has 2 unspecified atom stereocenters. The average molecular weight is 281 g/mol. The van der Waals surface area contributed by atoms with Crippen LogP contribution in [0.15, 0.2) is 48.5 Å². The van der Waals surface area contributed by atoms with Gasteiger partial charge in [-0.05, 0) is 60.7 Å². The van der Waals surface area contributed by atoms with Crippen molar-refractivity contribution in [2.45, 2.75) is 38.6 Å². The largest absolute Gasteiger partial charge is 0.457 e. The second kappa shape index (κ2) is 6.31. The Hall–Kier alpha value is -1.80. The molecular weight excluding hydrogens is 258 g/mol. The molecule has 0 aliphatic heterocycles. The fourth-order valence-corrected chi connectivity index (χ4v) is 3.18. The van der Waals surface area contributed by atoms with Crippen LogP contribution < -0.4 is 10.1 Å². The number of benzene rings is 2. The zero-order valence-electron chi connectivity index (χ0n) is 12.8. The van der Waals surface area contributed by atoms with Crippen LogP contribution in [-0.2, 0) is 0 Å². The lowest BCUT2D eigenvalue weighted by Gasteiger charge is -2.30. The molecule has 110 valence electrons. The number of hydrogen-bond donors (Lipinski definition) is 1. The molecule has 2 atom stereocenters. The first kappa shape index (κ1) is 14.2. The predicted octanol–water partition coefficient (Wildman–Crippen LogP) is 5.03. The second-order valence-corrected chi connectivity index (χ2v) is 5.79. The topological polar surface area (TPSA) is 21.3 Å². The lowest BCUT2D eigenvalue weighted by atomic mass is 9.81. The van der Waals surface area contributed by atoms with Crippen molar-refractivity contribution in [3.05, 3.63) is 59.7 Å². The maximum absolute atomic E-state index is 5.98. The maximum atomic E-state index is 5.98. The van der Waals surface area contributed by atoms with E-state index in [4.69, 9.17) is 4.74 Å². The summed E-state index contributed by atoms with van der Waals surface area (Å²) in [7, 11) is 0. The van der Waals surface area contributed by atoms with Gasteiger partial charge in [0.2, 0.25) is 0 Å². The molecule has 2 aromatic carbocycles. The minimum atomic E-state index is 0.459. The Morgan fingerprint density at radius 2 is 1.81 bits per heavy atom. The molecule has 1 N–H and O–H groups in total. The van der Waals surface area contributed by atoms with Crippen LogP contribution >= 0.6 is 0 Å². The van der Waals surface area contributed by atoms with Gasteiger partial charge in [0.15, 0.2) is 0 Å². The van der Waals surface area contributed by atoms with Crippen molar-refractivity contribution in [3.63, 3.8) is 0 Å². The van der Waals surface area contributed by atoms with Gasteiger partial charge in [-0.1, -0.05) is 38.1 Å². The molecule has 0 aromatic heterocycles. The quantitative estimate of drug-likeness (QED) is 0.849. The Balaban J connectivity index is 1.89. The summed E-state index contributed by atoms with van der Waals surface area (Å²) in [6, 6.07) is 17.0. The molecule has 3 rings (SSSR count). The van der Waals surface area contributed by atoms with E-state index in [1.54, 1.807) is 0 Å². The normalized spacial score (nSPS) is 20.9. The number of para-hydroxylation sites is 1. The smallest absolute Gasteiger partial charge is 0.127 e. The highest BCUT2D eigenvalue weighted by Gasteiger charge is 2.24. The third-order valence-electron chi connectivity index (χ3n) is 4.28. The summed E-state index contributed by atoms with van der Waals surface area (Å²) >= 11 is 0. The Bertz CT molecular complexity index is 594. The Labute approximate surface area is 127 Å². The standard InChI is InChI=1S/C19H23NO/c1-3-20-19-12-9-14(2)17-11-10-16(13-18(17)19)21-15-7-5-4-6-8-15/h4-8,10-11,13-14,19-20H,3,9,12H2,1-2H3. The lowest BCUT2D eigenvalue weighted by Crippen LogP contribution is -2.26. The molecule has 2 aromatic rings. The molecule has 1 aliphatic rings. The van der Waals surface area contributed by atoms with Crippen molar-refractivity contribution < 1.29 is 4.74 Å². The van der Waals surface area contributed by atoms with E-state index in [9.17, 15) is 0 Å². The highest BCUT2D eigenvalue weighted by Crippen LogP contribution is 2.39. The zero-order chi connectivity index (χ0) is 14.7. The van der Waals surface area contributed by atoms with Gasteiger partial charge in [0.05, 0.1) is 0 Å². The van der Waals surface area contributed by atoms with Gasteiger partial charge < -0.3 is 10.1 Å². The molecule has 0 amide bonds. The van der Waals surface area contributed by atoms with Gasteiger partial charge in [0.1, 0.15) is 11.5 Å². The molecule has 0 fully saturated rings. The van der Waals surface area contributed by atoms with Crippen molar-refractivity contribution in [2.75, 3.05) is 6.54 Å². The van der Waals surface area contributed by atoms with Gasteiger partial charge in [-0.2, -0.15) is 0 Å². The van der Waals surface area contributed by atoms with Crippen LogP contribution in [0.3, 0.4) is 0 Å². The van der Waals surface area contributed by atoms with Gasteiger partial charge in [0, 0.05) is 6.04 Å². The summed E-state index contributed by atoms with van der Waals surface area (Å²) < 4.78 is 5.98. The molecule has 0 spiro atoms. The van der Waals surface area contributed by atoms with Gasteiger partial charge in [-0.15, -0.1) is 0 Å². The summed E-state index contributed by atoms with van der Waals surface area (Å²) in [5, 5.41) is 3.60. The minimum Gasteiger partial charge on any atom is -0.457 e. The van der Waals surface area contributed by atoms with Crippen molar-refractivity contribution >= 4 is 0 Å². The third kappa shape index (κ3) is 3.11. The van der Waals surface area contributed by atoms with Crippen molar-refractivity contribution in [1.82, 2.24) is 5.32 Å². The molecule has 0 radical (unpaired) electrons. The van der Waals surface area contributed by atoms with E-state index in [2.05, 4.69) is 37.4 Å². The SMILES string of the molecule is CCNC1CCC(C)c2ccc(Oc3ccccc3)cc21. The number of ether oxygens (including phenoxy) is 1. The summed E-state index contributed by atoms with van der Waals surface area (Å²) in [5.74, 6) is 2.46. The monoisotopic (exact) mass is 281 g/mol. The molecule has 1 aliphatic carbocycles. The highest BCUT2D eigenvalue weighted by molar-refractivity contribution is 5.42. The summed E-state index contributed by atoms with van der Waals surface area (Å²) in [6.07, 6.45) is 2.46. The molecule has 0 saturated carbocycles. The van der Waals surface area contributed by atoms with Crippen LogP contribution in [0, 0.1) is 0 Å². The first-order chi connectivity index (χ1) is 10.3. The first-order valence-electron chi connectivity index (χ1n) is 7.88. The van der Waals surface area contributed by atoms with Crippen molar-refractivity contribution in [2.24, 2.45) is 0 Å². The van der Waals surface area contributed by atoms with Crippen LogP contribution in [0.1, 0.15) is 49.8 Å². The van der Waals surface area contributed by atoms with E-state index >= 15 is 0 Å². The molecule has 0 saturated heterocycles. The fraction of sp³-hybridized carbons (Fsp3) is 0.368. The Morgan fingerprint density at radius 1 is 1.00 bits per heavy atom. The lowest BCUT2D eigenvalue weighted by molar-refractivity contribution is 0.434. The van der Waals surface area contributed by atoms with Crippen LogP contribution in [0.25, 0.3) is 0 Å². The predicted molar refractivity (Wildman–Crippen MR) is 87.0 cm³/mol. The van der Waals surface area contributed by atoms with Gasteiger partial charge in [-0.25, -0.2) is 0 Å². The van der Waals surface area contributed by atoms with Crippen LogP contribution in [0.2, 0.25) is 0 Å². The summed E-state index contributed by atoms with van der Waals surface area (Å²) in [6.45, 7) is 5.49. The van der Waals surface area contributed by atoms with Crippen molar-refractivity contribution in [1.29, 1.82) is 0 Å². The number of nitrogens with one attached hydrogen (secondary N) is 1. The highest BCUT2D eigenvalue weighted by atomic mass is 16.5. The van der Waals surface area contributed by atoms with E-state index in [0.29, 0.717) is 12.0 Å². The van der Waals surface area contributed by atoms with Gasteiger partial charge >= 0.3 is 0 Å². The minimum absolute atomic E-state index is 0.459. The Morgan fingerprint density at radius 3 is 2.57 bits per heavy atom. The Kier molecular flexibility index (Phi) is 4.26. The van der Waals surface area contributed by atoms with Gasteiger partial charge in [0.25, 0.3) is 0 Å². The molecule has 2 nitrogen and oxygen atoms in total. The number of hydrogen-bond acceptors (Lipinski definition) is 2. The van der Waals surface area contributed by atoms with E-state index in [1.807, 2.05) is 30.3 Å². The van der Waals surface area contributed by atoms with Gasteiger partial charge in [-0.3, -0.25) is 0 Å². The maximum Gasteiger partial charge on any atom is 0.127 e. The summed E-state index contributed by atoms with van der Waals surface area (Å²) in [5.41, 5.74) is 2.87. The average Bonchev–Trinajstić information content (AvgIpc) is 2.51. The van der Waals surface area contributed by atoms with Crippen LogP contribution in [-0.4, -0.2) is 6.54 Å². The summed E-state index contributed by atoms with van der Waals surface area (Å²) in [4.78, 5) is 0. The molecule has 2 heteroatoms. The van der Waals surface area contributed by atoms with Crippen LogP contribution in [0.5, 0.6) is 11.5 Å². The fourth-order valence-electron chi connectivity index (χ4n) is 3.18.